The van der Waals surface area contributed by atoms with Crippen molar-refractivity contribution in [1.29, 1.82) is 0 Å². The summed E-state index contributed by atoms with van der Waals surface area (Å²) >= 11 is 0. The summed E-state index contributed by atoms with van der Waals surface area (Å²) in [6.45, 7) is 8.21. The highest BCUT2D eigenvalue weighted by Crippen LogP contribution is 2.35. The lowest BCUT2D eigenvalue weighted by atomic mass is 9.74. The molecule has 0 aliphatic carbocycles. The standard InChI is InChI=1S/C24H32N4O4/c1-15-26-19(10-20(27-15)21-5-4-8-32-21)18-14-28-7-6-16(18)9-17(28)13-25-22(29)11-24(2,3)12-23(30)31/h4-5,8,10,16-18H,6-7,9,11-14H2,1-3H3,(H,25,29)(H,30,31)/t16-,17+,18-/m0/s1. The van der Waals surface area contributed by atoms with Crippen molar-refractivity contribution in [2.75, 3.05) is 19.6 Å². The number of aromatic nitrogens is 2. The number of nitrogens with one attached hydrogen (secondary N) is 2. The van der Waals surface area contributed by atoms with Gasteiger partial charge in [-0.1, -0.05) is 13.8 Å². The number of hydrogen-bond donors (Lipinski definition) is 2. The van der Waals surface area contributed by atoms with Gasteiger partial charge in [-0.3, -0.25) is 4.79 Å². The molecular weight excluding hydrogens is 408 g/mol. The van der Waals surface area contributed by atoms with Crippen LogP contribution in [0.1, 0.15) is 57.0 Å². The number of carbonyl (C=O) groups excluding carboxylic acids is 2. The second-order valence-corrected chi connectivity index (χ2v) is 10.1. The average Bonchev–Trinajstić information content (AvgIpc) is 3.26. The number of carbonyl (C=O) groups is 2. The molecule has 32 heavy (non-hydrogen) atoms. The third-order valence-electron chi connectivity index (χ3n) is 6.87. The molecule has 5 heterocycles. The first-order valence-electron chi connectivity index (χ1n) is 11.4. The van der Waals surface area contributed by atoms with Crippen molar-refractivity contribution in [3.63, 3.8) is 0 Å². The molecule has 0 radical (unpaired) electrons. The number of fused-ring (bicyclic) bond motifs is 3. The maximum absolute atomic E-state index is 12.4. The summed E-state index contributed by atoms with van der Waals surface area (Å²) in [4.78, 5) is 34.1. The van der Waals surface area contributed by atoms with Crippen LogP contribution in [0.15, 0.2) is 28.9 Å². The number of carboxylic acid groups (broad SMARTS) is 1. The molecule has 1 amide bonds. The van der Waals surface area contributed by atoms with Crippen LogP contribution >= 0.6 is 0 Å². The Morgan fingerprint density at radius 2 is 2.12 bits per heavy atom. The highest BCUT2D eigenvalue weighted by Gasteiger charge is 2.45. The Labute approximate surface area is 188 Å². The first kappa shape index (κ1) is 22.5. The Kier molecular flexibility index (Phi) is 6.33. The van der Waals surface area contributed by atoms with Crippen molar-refractivity contribution in [1.82, 2.24) is 15.3 Å². The Morgan fingerprint density at radius 1 is 1.31 bits per heavy atom. The minimum Gasteiger partial charge on any atom is -0.550 e. The molecule has 1 unspecified atom stereocenters. The Balaban J connectivity index is 1.37. The number of piperidine rings is 3. The van der Waals surface area contributed by atoms with Crippen LogP contribution < -0.4 is 15.3 Å². The van der Waals surface area contributed by atoms with E-state index in [2.05, 4.69) is 16.4 Å². The summed E-state index contributed by atoms with van der Waals surface area (Å²) in [7, 11) is 0. The van der Waals surface area contributed by atoms with Crippen LogP contribution in [0.2, 0.25) is 0 Å². The molecule has 3 aliphatic heterocycles. The molecule has 4 atom stereocenters. The molecule has 3 aliphatic rings. The van der Waals surface area contributed by atoms with E-state index in [9.17, 15) is 14.7 Å². The molecular formula is C24H32N4O4. The maximum Gasteiger partial charge on any atom is 0.220 e. The highest BCUT2D eigenvalue weighted by molar-refractivity contribution is 5.77. The van der Waals surface area contributed by atoms with E-state index in [1.807, 2.05) is 19.1 Å². The van der Waals surface area contributed by atoms with Crippen molar-refractivity contribution in [2.45, 2.75) is 58.4 Å². The molecule has 0 spiro atoms. The predicted octanol–water partition coefficient (Wildman–Crippen LogP) is 0.478. The van der Waals surface area contributed by atoms with Gasteiger partial charge in [-0.15, -0.1) is 0 Å². The first-order chi connectivity index (χ1) is 15.2. The minimum atomic E-state index is -1.12. The summed E-state index contributed by atoms with van der Waals surface area (Å²) in [6, 6.07) is 6.23. The quantitative estimate of drug-likeness (QED) is 0.617. The number of aryl methyl sites for hydroxylation is 1. The van der Waals surface area contributed by atoms with Gasteiger partial charge in [-0.25, -0.2) is 9.97 Å². The number of quaternary nitrogens is 1. The monoisotopic (exact) mass is 440 g/mol. The number of hydrogen-bond acceptors (Lipinski definition) is 6. The number of amides is 1. The van der Waals surface area contributed by atoms with Crippen molar-refractivity contribution < 1.29 is 24.0 Å². The van der Waals surface area contributed by atoms with Gasteiger partial charge in [0.1, 0.15) is 17.6 Å². The molecule has 0 saturated carbocycles. The fraction of sp³-hybridized carbons (Fsp3) is 0.583. The molecule has 0 aromatic carbocycles. The summed E-state index contributed by atoms with van der Waals surface area (Å²) < 4.78 is 5.53. The average molecular weight is 441 g/mol. The molecule has 3 fully saturated rings. The molecule has 3 saturated heterocycles. The van der Waals surface area contributed by atoms with Crippen LogP contribution in [-0.4, -0.2) is 47.5 Å². The van der Waals surface area contributed by atoms with E-state index in [4.69, 9.17) is 9.40 Å². The highest BCUT2D eigenvalue weighted by atomic mass is 16.4. The van der Waals surface area contributed by atoms with Gasteiger partial charge in [-0.05, 0) is 42.9 Å². The number of nitrogens with zero attached hydrogens (tertiary/aromatic N) is 2. The van der Waals surface area contributed by atoms with Gasteiger partial charge in [0, 0.05) is 25.2 Å². The third kappa shape index (κ3) is 5.18. The normalized spacial score (nSPS) is 25.0. The summed E-state index contributed by atoms with van der Waals surface area (Å²) in [6.07, 6.45) is 3.92. The van der Waals surface area contributed by atoms with Crippen molar-refractivity contribution in [3.8, 4) is 11.5 Å². The fourth-order valence-electron chi connectivity index (χ4n) is 5.40. The lowest BCUT2D eigenvalue weighted by Crippen LogP contribution is -3.20. The largest absolute Gasteiger partial charge is 0.550 e. The topological polar surface area (TPSA) is 113 Å². The number of aliphatic carboxylic acids is 1. The number of furan rings is 1. The molecule has 2 bridgehead atoms. The van der Waals surface area contributed by atoms with E-state index < -0.39 is 11.4 Å². The molecule has 2 aromatic heterocycles. The van der Waals surface area contributed by atoms with Crippen LogP contribution in [0.5, 0.6) is 0 Å². The maximum atomic E-state index is 12.4. The van der Waals surface area contributed by atoms with Crippen LogP contribution in [0, 0.1) is 18.3 Å². The van der Waals surface area contributed by atoms with Crippen LogP contribution in [0.3, 0.4) is 0 Å². The van der Waals surface area contributed by atoms with E-state index in [1.165, 1.54) is 4.90 Å². The van der Waals surface area contributed by atoms with Gasteiger partial charge in [0.2, 0.25) is 5.91 Å². The summed E-state index contributed by atoms with van der Waals surface area (Å²) in [5, 5.41) is 13.9. The number of rotatable bonds is 8. The second kappa shape index (κ2) is 9.02. The summed E-state index contributed by atoms with van der Waals surface area (Å²) in [5.74, 6) is 1.20. The number of carboxylic acids is 1. The van der Waals surface area contributed by atoms with E-state index >= 15 is 0 Å². The zero-order valence-corrected chi connectivity index (χ0v) is 19.0. The molecule has 5 rings (SSSR count). The zero-order valence-electron chi connectivity index (χ0n) is 19.0. The molecule has 8 nitrogen and oxygen atoms in total. The van der Waals surface area contributed by atoms with E-state index in [1.54, 1.807) is 20.1 Å². The van der Waals surface area contributed by atoms with Gasteiger partial charge in [0.15, 0.2) is 5.76 Å². The molecule has 2 aromatic rings. The van der Waals surface area contributed by atoms with E-state index in [0.29, 0.717) is 24.4 Å². The van der Waals surface area contributed by atoms with Crippen LogP contribution in [-0.2, 0) is 9.59 Å². The minimum absolute atomic E-state index is 0.0932. The second-order valence-electron chi connectivity index (χ2n) is 10.1. The van der Waals surface area contributed by atoms with E-state index in [0.717, 1.165) is 48.9 Å². The smallest absolute Gasteiger partial charge is 0.220 e. The van der Waals surface area contributed by atoms with Gasteiger partial charge in [-0.2, -0.15) is 0 Å². The van der Waals surface area contributed by atoms with E-state index in [-0.39, 0.29) is 18.7 Å². The van der Waals surface area contributed by atoms with Crippen LogP contribution in [0.4, 0.5) is 0 Å². The van der Waals surface area contributed by atoms with Crippen molar-refractivity contribution >= 4 is 11.9 Å². The fourth-order valence-corrected chi connectivity index (χ4v) is 5.40. The molecule has 2 N–H and O–H groups in total. The van der Waals surface area contributed by atoms with Crippen molar-refractivity contribution in [2.24, 2.45) is 11.3 Å². The SMILES string of the molecule is Cc1nc(-c2ccco2)cc([C@H]2C[NH+]3CC[C@H]2C[C@@H]3CNC(=O)CC(C)(C)CC(=O)[O-])n1. The molecule has 8 heteroatoms. The third-order valence-corrected chi connectivity index (χ3v) is 6.87. The Bertz CT molecular complexity index is 972. The lowest BCUT2D eigenvalue weighted by Gasteiger charge is -2.46. The van der Waals surface area contributed by atoms with Gasteiger partial charge >= 0.3 is 0 Å². The van der Waals surface area contributed by atoms with Gasteiger partial charge in [0.25, 0.3) is 0 Å². The predicted molar refractivity (Wildman–Crippen MR) is 115 cm³/mol. The lowest BCUT2D eigenvalue weighted by molar-refractivity contribution is -0.942. The molecule has 172 valence electrons. The first-order valence-corrected chi connectivity index (χ1v) is 11.4. The Morgan fingerprint density at radius 3 is 2.78 bits per heavy atom. The zero-order chi connectivity index (χ0) is 22.9. The van der Waals surface area contributed by atoms with Crippen LogP contribution in [0.25, 0.3) is 11.5 Å². The van der Waals surface area contributed by atoms with Gasteiger partial charge < -0.3 is 24.5 Å². The Hall–Kier alpha value is -2.74. The van der Waals surface area contributed by atoms with Gasteiger partial charge in [0.05, 0.1) is 37.5 Å². The van der Waals surface area contributed by atoms with Crippen molar-refractivity contribution in [3.05, 3.63) is 36.0 Å². The summed E-state index contributed by atoms with van der Waals surface area (Å²) in [5.41, 5.74) is 1.30.